The number of fused-ring (bicyclic) bond motifs is 1. The zero-order valence-electron chi connectivity index (χ0n) is 9.03. The van der Waals surface area contributed by atoms with Gasteiger partial charge in [0.2, 0.25) is 0 Å². The summed E-state index contributed by atoms with van der Waals surface area (Å²) >= 11 is 0. The number of hydrogen-bond acceptors (Lipinski definition) is 3. The summed E-state index contributed by atoms with van der Waals surface area (Å²) in [6.07, 6.45) is 1.43. The van der Waals surface area contributed by atoms with Gasteiger partial charge in [0, 0.05) is 18.6 Å². The molecule has 0 bridgehead atoms. The summed E-state index contributed by atoms with van der Waals surface area (Å²) in [5, 5.41) is 8.62. The monoisotopic (exact) mass is 218 g/mol. The molecule has 16 heavy (non-hydrogen) atoms. The number of rotatable bonds is 2. The van der Waals surface area contributed by atoms with E-state index >= 15 is 0 Å². The summed E-state index contributed by atoms with van der Waals surface area (Å²) in [6, 6.07) is 5.68. The number of ether oxygens (including phenoxy) is 2. The Morgan fingerprint density at radius 1 is 1.19 bits per heavy atom. The molecule has 0 fully saturated rings. The molecule has 1 aliphatic heterocycles. The lowest BCUT2D eigenvalue weighted by Gasteiger charge is -2.17. The lowest BCUT2D eigenvalue weighted by molar-refractivity contribution is 0.171. The summed E-state index contributed by atoms with van der Waals surface area (Å²) in [5.74, 6) is 7.58. The molecule has 0 aliphatic carbocycles. The molecule has 0 unspecified atom stereocenters. The second-order valence-electron chi connectivity index (χ2n) is 3.49. The highest BCUT2D eigenvalue weighted by atomic mass is 16.6. The average Bonchev–Trinajstić information content (AvgIpc) is 2.34. The maximum absolute atomic E-state index is 8.62. The van der Waals surface area contributed by atoms with E-state index in [0.29, 0.717) is 19.6 Å². The zero-order chi connectivity index (χ0) is 11.2. The van der Waals surface area contributed by atoms with E-state index in [-0.39, 0.29) is 6.61 Å². The molecule has 0 saturated heterocycles. The molecule has 0 amide bonds. The van der Waals surface area contributed by atoms with Crippen molar-refractivity contribution in [2.24, 2.45) is 0 Å². The van der Waals surface area contributed by atoms with Crippen molar-refractivity contribution in [3.8, 4) is 23.3 Å². The molecule has 1 heterocycles. The van der Waals surface area contributed by atoms with Gasteiger partial charge in [0.15, 0.2) is 11.5 Å². The number of aliphatic hydroxyl groups excluding tert-OH is 1. The minimum Gasteiger partial charge on any atom is -0.486 e. The highest BCUT2D eigenvalue weighted by Crippen LogP contribution is 2.30. The fourth-order valence-electron chi connectivity index (χ4n) is 1.45. The van der Waals surface area contributed by atoms with Crippen molar-refractivity contribution in [2.75, 3.05) is 19.8 Å². The fraction of sp³-hybridized carbons (Fsp3) is 0.385. The van der Waals surface area contributed by atoms with Crippen LogP contribution in [0.15, 0.2) is 18.2 Å². The maximum Gasteiger partial charge on any atom is 0.162 e. The van der Waals surface area contributed by atoms with Crippen LogP contribution in [0, 0.1) is 11.8 Å². The minimum absolute atomic E-state index is 0.190. The standard InChI is InChI=1S/C13H14O3/c14-7-3-1-2-4-11-5-6-12-13(10-11)16-9-8-15-12/h5-6,10,14H,1,3,7-9H2. The third-order valence-corrected chi connectivity index (χ3v) is 2.23. The smallest absolute Gasteiger partial charge is 0.162 e. The molecule has 1 aromatic rings. The molecule has 0 spiro atoms. The average molecular weight is 218 g/mol. The first-order valence-corrected chi connectivity index (χ1v) is 5.39. The lowest BCUT2D eigenvalue weighted by Crippen LogP contribution is -2.15. The Kier molecular flexibility index (Phi) is 3.68. The first-order chi connectivity index (χ1) is 7.90. The molecule has 1 aliphatic rings. The highest BCUT2D eigenvalue weighted by Gasteiger charge is 2.10. The van der Waals surface area contributed by atoms with Gasteiger partial charge in [-0.05, 0) is 24.6 Å². The van der Waals surface area contributed by atoms with Crippen molar-refractivity contribution >= 4 is 0 Å². The van der Waals surface area contributed by atoms with Gasteiger partial charge in [0.1, 0.15) is 13.2 Å². The van der Waals surface area contributed by atoms with Crippen molar-refractivity contribution in [2.45, 2.75) is 12.8 Å². The topological polar surface area (TPSA) is 38.7 Å². The van der Waals surface area contributed by atoms with Crippen molar-refractivity contribution in [1.82, 2.24) is 0 Å². The van der Waals surface area contributed by atoms with Crippen LogP contribution < -0.4 is 9.47 Å². The van der Waals surface area contributed by atoms with E-state index in [9.17, 15) is 0 Å². The Labute approximate surface area is 95.0 Å². The largest absolute Gasteiger partial charge is 0.486 e. The van der Waals surface area contributed by atoms with E-state index in [1.165, 1.54) is 0 Å². The number of aliphatic hydroxyl groups is 1. The van der Waals surface area contributed by atoms with Crippen molar-refractivity contribution in [1.29, 1.82) is 0 Å². The molecule has 1 N–H and O–H groups in total. The first-order valence-electron chi connectivity index (χ1n) is 5.39. The van der Waals surface area contributed by atoms with Gasteiger partial charge in [-0.25, -0.2) is 0 Å². The van der Waals surface area contributed by atoms with Crippen LogP contribution in [0.4, 0.5) is 0 Å². The minimum atomic E-state index is 0.190. The van der Waals surface area contributed by atoms with E-state index in [0.717, 1.165) is 23.5 Å². The molecular weight excluding hydrogens is 204 g/mol. The summed E-state index contributed by atoms with van der Waals surface area (Å²) in [5.41, 5.74) is 0.919. The highest BCUT2D eigenvalue weighted by molar-refractivity contribution is 5.48. The Morgan fingerprint density at radius 3 is 2.81 bits per heavy atom. The van der Waals surface area contributed by atoms with E-state index in [1.807, 2.05) is 18.2 Å². The van der Waals surface area contributed by atoms with Crippen molar-refractivity contribution in [3.63, 3.8) is 0 Å². The van der Waals surface area contributed by atoms with E-state index in [1.54, 1.807) is 0 Å². The summed E-state index contributed by atoms with van der Waals surface area (Å²) in [4.78, 5) is 0. The van der Waals surface area contributed by atoms with Crippen LogP contribution in [0.1, 0.15) is 18.4 Å². The van der Waals surface area contributed by atoms with Gasteiger partial charge in [-0.2, -0.15) is 0 Å². The van der Waals surface area contributed by atoms with Crippen LogP contribution in [0.2, 0.25) is 0 Å². The Hall–Kier alpha value is -1.66. The predicted molar refractivity (Wildman–Crippen MR) is 60.6 cm³/mol. The third kappa shape index (κ3) is 2.68. The second kappa shape index (κ2) is 5.43. The number of benzene rings is 1. The lowest BCUT2D eigenvalue weighted by atomic mass is 10.2. The van der Waals surface area contributed by atoms with E-state index < -0.39 is 0 Å². The SMILES string of the molecule is OCCCC#Cc1ccc2c(c1)OCCO2. The quantitative estimate of drug-likeness (QED) is 0.605. The molecular formula is C13H14O3. The van der Waals surface area contributed by atoms with Gasteiger partial charge in [-0.1, -0.05) is 11.8 Å². The molecule has 3 heteroatoms. The predicted octanol–water partition coefficient (Wildman–Crippen LogP) is 1.58. The van der Waals surface area contributed by atoms with Gasteiger partial charge in [0.25, 0.3) is 0 Å². The summed E-state index contributed by atoms with van der Waals surface area (Å²) < 4.78 is 10.9. The number of unbranched alkanes of at least 4 members (excludes halogenated alkanes) is 1. The van der Waals surface area contributed by atoms with Crippen molar-refractivity contribution in [3.05, 3.63) is 23.8 Å². The summed E-state index contributed by atoms with van der Waals surface area (Å²) in [7, 11) is 0. The summed E-state index contributed by atoms with van der Waals surface area (Å²) in [6.45, 7) is 1.39. The third-order valence-electron chi connectivity index (χ3n) is 2.23. The van der Waals surface area contributed by atoms with E-state index in [4.69, 9.17) is 14.6 Å². The molecule has 0 atom stereocenters. The Morgan fingerprint density at radius 2 is 2.00 bits per heavy atom. The van der Waals surface area contributed by atoms with Crippen LogP contribution in [0.5, 0.6) is 11.5 Å². The molecule has 0 saturated carbocycles. The molecule has 0 aromatic heterocycles. The Balaban J connectivity index is 2.07. The van der Waals surface area contributed by atoms with Gasteiger partial charge in [0.05, 0.1) is 0 Å². The Bertz CT molecular complexity index is 415. The van der Waals surface area contributed by atoms with Crippen LogP contribution in [-0.4, -0.2) is 24.9 Å². The van der Waals surface area contributed by atoms with E-state index in [2.05, 4.69) is 11.8 Å². The zero-order valence-corrected chi connectivity index (χ0v) is 9.03. The van der Waals surface area contributed by atoms with Gasteiger partial charge in [-0.3, -0.25) is 0 Å². The first kappa shape index (κ1) is 10.8. The van der Waals surface area contributed by atoms with Crippen LogP contribution >= 0.6 is 0 Å². The van der Waals surface area contributed by atoms with Crippen LogP contribution in [0.25, 0.3) is 0 Å². The molecule has 2 rings (SSSR count). The van der Waals surface area contributed by atoms with Crippen LogP contribution in [0.3, 0.4) is 0 Å². The maximum atomic E-state index is 8.62. The molecule has 84 valence electrons. The second-order valence-corrected chi connectivity index (χ2v) is 3.49. The van der Waals surface area contributed by atoms with Gasteiger partial charge >= 0.3 is 0 Å². The molecule has 1 aromatic carbocycles. The van der Waals surface area contributed by atoms with Crippen molar-refractivity contribution < 1.29 is 14.6 Å². The van der Waals surface area contributed by atoms with Gasteiger partial charge in [-0.15, -0.1) is 0 Å². The van der Waals surface area contributed by atoms with Gasteiger partial charge < -0.3 is 14.6 Å². The van der Waals surface area contributed by atoms with Crippen LogP contribution in [-0.2, 0) is 0 Å². The molecule has 0 radical (unpaired) electrons. The normalized spacial score (nSPS) is 12.8. The molecule has 3 nitrogen and oxygen atoms in total. The number of hydrogen-bond donors (Lipinski definition) is 1. The fourth-order valence-corrected chi connectivity index (χ4v) is 1.45.